The Kier molecular flexibility index (Phi) is 7.04. The molecular weight excluding hydrogens is 458 g/mol. The van der Waals surface area contributed by atoms with Gasteiger partial charge in [-0.2, -0.15) is 0 Å². The van der Waals surface area contributed by atoms with Crippen LogP contribution in [-0.4, -0.2) is 76.3 Å². The minimum absolute atomic E-state index is 0.0128. The number of hydrogen-bond donors (Lipinski definition) is 3. The number of ether oxygens (including phenoxy) is 2. The lowest BCUT2D eigenvalue weighted by atomic mass is 9.87. The topological polar surface area (TPSA) is 104 Å². The number of hydrogen-bond acceptors (Lipinski definition) is 8. The third-order valence-electron chi connectivity index (χ3n) is 6.76. The molecule has 2 atom stereocenters. The number of aliphatic hydroxyl groups excluding tert-OH is 2. The molecule has 9 heteroatoms. The monoisotopic (exact) mass is 489 g/mol. The molecule has 1 aliphatic rings. The van der Waals surface area contributed by atoms with Crippen LogP contribution in [0.5, 0.6) is 11.5 Å². The molecule has 3 N–H and O–H groups in total. The zero-order valence-electron chi connectivity index (χ0n) is 20.5. The number of methoxy groups -OCH3 is 2. The summed E-state index contributed by atoms with van der Waals surface area (Å²) in [5, 5.41) is 27.9. The number of anilines is 2. The number of nitrogens with zero attached hydrogens (tertiary/aromatic N) is 4. The Labute approximate surface area is 209 Å². The molecule has 1 fully saturated rings. The van der Waals surface area contributed by atoms with E-state index in [-0.39, 0.29) is 12.5 Å². The zero-order valence-corrected chi connectivity index (χ0v) is 20.5. The number of nitrogens with one attached hydrogen (secondary N) is 1. The Morgan fingerprint density at radius 2 is 1.89 bits per heavy atom. The van der Waals surface area contributed by atoms with E-state index in [1.54, 1.807) is 20.4 Å². The molecule has 188 valence electrons. The van der Waals surface area contributed by atoms with Gasteiger partial charge in [0.15, 0.2) is 0 Å². The molecule has 2 aromatic carbocycles. The lowest BCUT2D eigenvalue weighted by molar-refractivity contribution is 0.0434. The maximum Gasteiger partial charge on any atom is 0.245 e. The van der Waals surface area contributed by atoms with Crippen molar-refractivity contribution in [3.05, 3.63) is 66.4 Å². The highest BCUT2D eigenvalue weighted by molar-refractivity contribution is 5.72. The van der Waals surface area contributed by atoms with Crippen LogP contribution in [0, 0.1) is 0 Å². The first-order valence-electron chi connectivity index (χ1n) is 12.1. The van der Waals surface area contributed by atoms with Crippen molar-refractivity contribution in [3.8, 4) is 22.8 Å². The summed E-state index contributed by atoms with van der Waals surface area (Å²) in [4.78, 5) is 6.57. The number of likely N-dealkylation sites (tertiary alicyclic amines) is 1. The van der Waals surface area contributed by atoms with Gasteiger partial charge in [-0.05, 0) is 54.9 Å². The van der Waals surface area contributed by atoms with Gasteiger partial charge >= 0.3 is 0 Å². The van der Waals surface area contributed by atoms with E-state index in [0.717, 1.165) is 46.7 Å². The van der Waals surface area contributed by atoms with Crippen molar-refractivity contribution in [2.75, 3.05) is 45.8 Å². The fourth-order valence-corrected chi connectivity index (χ4v) is 4.91. The van der Waals surface area contributed by atoms with Crippen LogP contribution in [0.1, 0.15) is 17.9 Å². The quantitative estimate of drug-likeness (QED) is 0.346. The maximum absolute atomic E-state index is 10.7. The Morgan fingerprint density at radius 3 is 2.67 bits per heavy atom. The van der Waals surface area contributed by atoms with Crippen LogP contribution in [0.2, 0.25) is 0 Å². The van der Waals surface area contributed by atoms with Crippen molar-refractivity contribution in [3.63, 3.8) is 0 Å². The number of rotatable bonds is 8. The van der Waals surface area contributed by atoms with E-state index in [1.165, 1.54) is 0 Å². The predicted molar refractivity (Wildman–Crippen MR) is 138 cm³/mol. The summed E-state index contributed by atoms with van der Waals surface area (Å²) < 4.78 is 13.1. The van der Waals surface area contributed by atoms with Gasteiger partial charge in [-0.1, -0.05) is 18.2 Å². The van der Waals surface area contributed by atoms with Crippen molar-refractivity contribution in [1.82, 2.24) is 19.5 Å². The molecule has 5 rings (SSSR count). The number of benzene rings is 2. The van der Waals surface area contributed by atoms with E-state index < -0.39 is 6.10 Å². The highest BCUT2D eigenvalue weighted by Crippen LogP contribution is 2.35. The van der Waals surface area contributed by atoms with Crippen LogP contribution >= 0.6 is 0 Å². The molecule has 1 aliphatic heterocycles. The van der Waals surface area contributed by atoms with E-state index >= 15 is 0 Å². The van der Waals surface area contributed by atoms with E-state index in [4.69, 9.17) is 14.6 Å². The van der Waals surface area contributed by atoms with Gasteiger partial charge in [-0.25, -0.2) is 9.50 Å². The summed E-state index contributed by atoms with van der Waals surface area (Å²) >= 11 is 0. The van der Waals surface area contributed by atoms with Crippen molar-refractivity contribution >= 4 is 17.2 Å². The predicted octanol–water partition coefficient (Wildman–Crippen LogP) is 3.30. The molecule has 0 aliphatic carbocycles. The van der Waals surface area contributed by atoms with Crippen LogP contribution in [0.4, 0.5) is 11.6 Å². The third kappa shape index (κ3) is 4.73. The molecule has 36 heavy (non-hydrogen) atoms. The number of para-hydroxylation sites is 1. The summed E-state index contributed by atoms with van der Waals surface area (Å²) in [6, 6.07) is 17.7. The lowest BCUT2D eigenvalue weighted by Gasteiger charge is -2.36. The van der Waals surface area contributed by atoms with Gasteiger partial charge in [0.25, 0.3) is 0 Å². The fourth-order valence-electron chi connectivity index (χ4n) is 4.91. The van der Waals surface area contributed by atoms with Crippen LogP contribution in [-0.2, 0) is 0 Å². The van der Waals surface area contributed by atoms with Gasteiger partial charge < -0.3 is 25.0 Å². The fraction of sp³-hybridized carbons (Fsp3) is 0.333. The lowest BCUT2D eigenvalue weighted by Crippen LogP contribution is -2.43. The minimum atomic E-state index is -0.498. The van der Waals surface area contributed by atoms with E-state index in [1.807, 2.05) is 59.1 Å². The molecule has 9 nitrogen and oxygen atoms in total. The molecule has 0 saturated carbocycles. The largest absolute Gasteiger partial charge is 0.496 e. The Hall–Kier alpha value is -3.66. The van der Waals surface area contributed by atoms with Crippen LogP contribution in [0.3, 0.4) is 0 Å². The second-order valence-corrected chi connectivity index (χ2v) is 8.91. The van der Waals surface area contributed by atoms with E-state index in [2.05, 4.69) is 15.2 Å². The highest BCUT2D eigenvalue weighted by Gasteiger charge is 2.29. The number of aliphatic hydroxyl groups is 2. The zero-order chi connectivity index (χ0) is 25.1. The smallest absolute Gasteiger partial charge is 0.245 e. The summed E-state index contributed by atoms with van der Waals surface area (Å²) in [5.41, 5.74) is 4.46. The molecule has 3 heterocycles. The average molecular weight is 490 g/mol. The van der Waals surface area contributed by atoms with Crippen LogP contribution < -0.4 is 14.8 Å². The van der Waals surface area contributed by atoms with Crippen LogP contribution in [0.15, 0.2) is 60.8 Å². The summed E-state index contributed by atoms with van der Waals surface area (Å²) in [7, 11) is 3.28. The molecule has 1 unspecified atom stereocenters. The van der Waals surface area contributed by atoms with Crippen molar-refractivity contribution in [2.24, 2.45) is 0 Å². The summed E-state index contributed by atoms with van der Waals surface area (Å²) in [6.07, 6.45) is 2.09. The molecule has 0 bridgehead atoms. The maximum atomic E-state index is 10.7. The summed E-state index contributed by atoms with van der Waals surface area (Å²) in [6.45, 7) is 2.07. The standard InChI is InChI=1S/C27H31N5O4/c1-35-25-6-4-3-5-21(25)23-10-8-19-16-28-27(30-32(19)23)29-22-9-7-18(15-26(22)36-2)20-11-12-31(13-14-33)17-24(20)34/h3-10,15-16,20,24,33-34H,11-14,17H2,1-2H3,(H,29,30)/t20?,24-/m0/s1. The van der Waals surface area contributed by atoms with Gasteiger partial charge in [0.1, 0.15) is 11.5 Å². The Morgan fingerprint density at radius 1 is 1.06 bits per heavy atom. The SMILES string of the molecule is COc1cc(C2CCN(CCO)C[C@@H]2O)ccc1Nc1ncc2ccc(-c3ccccc3OC)n2n1. The first kappa shape index (κ1) is 24.1. The van der Waals surface area contributed by atoms with Crippen molar-refractivity contribution in [1.29, 1.82) is 0 Å². The Bertz CT molecular complexity index is 1340. The van der Waals surface area contributed by atoms with Gasteiger partial charge in [0.05, 0.1) is 50.0 Å². The minimum Gasteiger partial charge on any atom is -0.496 e. The van der Waals surface area contributed by atoms with E-state index in [9.17, 15) is 10.2 Å². The molecule has 0 radical (unpaired) electrons. The van der Waals surface area contributed by atoms with E-state index in [0.29, 0.717) is 24.8 Å². The highest BCUT2D eigenvalue weighted by atomic mass is 16.5. The third-order valence-corrected chi connectivity index (χ3v) is 6.76. The first-order chi connectivity index (χ1) is 17.6. The summed E-state index contributed by atoms with van der Waals surface area (Å²) in [5.74, 6) is 1.86. The van der Waals surface area contributed by atoms with Crippen LogP contribution in [0.25, 0.3) is 16.8 Å². The molecular formula is C27H31N5O4. The second kappa shape index (κ2) is 10.5. The first-order valence-corrected chi connectivity index (χ1v) is 12.1. The molecule has 0 amide bonds. The number of fused-ring (bicyclic) bond motifs is 1. The van der Waals surface area contributed by atoms with Gasteiger partial charge in [0.2, 0.25) is 5.95 Å². The van der Waals surface area contributed by atoms with Gasteiger partial charge in [-0.15, -0.1) is 5.10 Å². The molecule has 2 aromatic heterocycles. The Balaban J connectivity index is 1.40. The number of aromatic nitrogens is 3. The van der Waals surface area contributed by atoms with Crippen molar-refractivity contribution < 1.29 is 19.7 Å². The molecule has 1 saturated heterocycles. The number of β-amino-alcohol motifs (C(OH)–C–C–N with tert-alkyl or cyclic N) is 2. The second-order valence-electron chi connectivity index (χ2n) is 8.91. The van der Waals surface area contributed by atoms with Crippen molar-refractivity contribution in [2.45, 2.75) is 18.4 Å². The molecule has 0 spiro atoms. The van der Waals surface area contributed by atoms with Gasteiger partial charge in [-0.3, -0.25) is 4.90 Å². The average Bonchev–Trinajstić information content (AvgIpc) is 3.32. The normalized spacial score (nSPS) is 18.3. The number of piperidine rings is 1. The molecule has 4 aromatic rings. The van der Waals surface area contributed by atoms with Gasteiger partial charge in [0, 0.05) is 24.6 Å².